The van der Waals surface area contributed by atoms with Crippen LogP contribution in [0.15, 0.2) is 23.1 Å². The van der Waals surface area contributed by atoms with Crippen LogP contribution in [0.2, 0.25) is 0 Å². The van der Waals surface area contributed by atoms with Gasteiger partial charge in [-0.05, 0) is 25.0 Å². The zero-order valence-electron chi connectivity index (χ0n) is 11.0. The molecule has 1 aliphatic rings. The second-order valence-corrected chi connectivity index (χ2v) is 6.73. The molecular weight excluding hydrogens is 286 g/mol. The molecule has 1 aliphatic carbocycles. The molecule has 1 aromatic carbocycles. The van der Waals surface area contributed by atoms with E-state index in [0.717, 1.165) is 37.5 Å². The van der Waals surface area contributed by atoms with Crippen molar-refractivity contribution in [1.82, 2.24) is 4.72 Å². The van der Waals surface area contributed by atoms with E-state index in [1.807, 2.05) is 0 Å². The van der Waals surface area contributed by atoms with Crippen LogP contribution < -0.4 is 10.5 Å². The van der Waals surface area contributed by atoms with E-state index in [4.69, 9.17) is 5.73 Å². The zero-order valence-corrected chi connectivity index (χ0v) is 11.8. The van der Waals surface area contributed by atoms with Crippen molar-refractivity contribution in [2.75, 3.05) is 0 Å². The molecule has 1 saturated carbocycles. The predicted octanol–water partition coefficient (Wildman–Crippen LogP) is 1.90. The molecule has 0 saturated heterocycles. The summed E-state index contributed by atoms with van der Waals surface area (Å²) in [6, 6.07) is 2.15. The predicted molar refractivity (Wildman–Crippen MR) is 71.5 cm³/mol. The summed E-state index contributed by atoms with van der Waals surface area (Å²) in [4.78, 5) is -0.934. The SMILES string of the molecule is NC1CCCCCC1NS(=O)(=O)c1c(F)cccc1F. The lowest BCUT2D eigenvalue weighted by atomic mass is 10.1. The lowest BCUT2D eigenvalue weighted by Crippen LogP contribution is -2.47. The number of rotatable bonds is 3. The molecule has 4 nitrogen and oxygen atoms in total. The second kappa shape index (κ2) is 6.15. The Bertz CT molecular complexity index is 557. The molecule has 0 aromatic heterocycles. The highest BCUT2D eigenvalue weighted by Gasteiger charge is 2.29. The van der Waals surface area contributed by atoms with E-state index < -0.39 is 32.6 Å². The molecule has 112 valence electrons. The van der Waals surface area contributed by atoms with Crippen molar-refractivity contribution in [1.29, 1.82) is 0 Å². The number of hydrogen-bond donors (Lipinski definition) is 2. The fourth-order valence-corrected chi connectivity index (χ4v) is 3.94. The minimum Gasteiger partial charge on any atom is -0.326 e. The molecule has 2 atom stereocenters. The molecule has 0 spiro atoms. The molecule has 1 aromatic rings. The summed E-state index contributed by atoms with van der Waals surface area (Å²) in [5, 5.41) is 0. The third kappa shape index (κ3) is 3.34. The zero-order chi connectivity index (χ0) is 14.8. The fraction of sp³-hybridized carbons (Fsp3) is 0.538. The Hall–Kier alpha value is -1.05. The van der Waals surface area contributed by atoms with Crippen LogP contribution in [-0.4, -0.2) is 20.5 Å². The summed E-state index contributed by atoms with van der Waals surface area (Å²) >= 11 is 0. The quantitative estimate of drug-likeness (QED) is 0.838. The smallest absolute Gasteiger partial charge is 0.246 e. The molecular formula is C13H18F2N2O2S. The highest BCUT2D eigenvalue weighted by molar-refractivity contribution is 7.89. The first-order chi connectivity index (χ1) is 9.42. The maximum Gasteiger partial charge on any atom is 0.246 e. The number of nitrogens with two attached hydrogens (primary N) is 1. The average Bonchev–Trinajstić information content (AvgIpc) is 2.54. The Morgan fingerprint density at radius 3 is 2.35 bits per heavy atom. The minimum absolute atomic E-state index is 0.331. The maximum atomic E-state index is 13.6. The molecule has 0 aliphatic heterocycles. The number of benzene rings is 1. The van der Waals surface area contributed by atoms with Crippen LogP contribution in [0.4, 0.5) is 8.78 Å². The molecule has 0 radical (unpaired) electrons. The molecule has 1 fully saturated rings. The first-order valence-electron chi connectivity index (χ1n) is 6.64. The number of halogens is 2. The van der Waals surface area contributed by atoms with E-state index >= 15 is 0 Å². The topological polar surface area (TPSA) is 72.2 Å². The minimum atomic E-state index is -4.25. The first kappa shape index (κ1) is 15.3. The fourth-order valence-electron chi connectivity index (χ4n) is 2.48. The molecule has 0 amide bonds. The van der Waals surface area contributed by atoms with Gasteiger partial charge in [0.15, 0.2) is 4.90 Å². The Kier molecular flexibility index (Phi) is 4.72. The number of hydrogen-bond acceptors (Lipinski definition) is 3. The van der Waals surface area contributed by atoms with Crippen LogP contribution in [0.25, 0.3) is 0 Å². The van der Waals surface area contributed by atoms with Crippen molar-refractivity contribution in [3.05, 3.63) is 29.8 Å². The van der Waals surface area contributed by atoms with Gasteiger partial charge in [-0.3, -0.25) is 0 Å². The van der Waals surface area contributed by atoms with Crippen LogP contribution in [0.5, 0.6) is 0 Å². The van der Waals surface area contributed by atoms with E-state index in [0.29, 0.717) is 12.8 Å². The van der Waals surface area contributed by atoms with Crippen LogP contribution in [0.3, 0.4) is 0 Å². The van der Waals surface area contributed by atoms with Gasteiger partial charge in [0, 0.05) is 12.1 Å². The van der Waals surface area contributed by atoms with Crippen molar-refractivity contribution < 1.29 is 17.2 Å². The highest BCUT2D eigenvalue weighted by Crippen LogP contribution is 2.22. The average molecular weight is 304 g/mol. The van der Waals surface area contributed by atoms with Crippen LogP contribution in [0, 0.1) is 11.6 Å². The van der Waals surface area contributed by atoms with E-state index in [2.05, 4.69) is 4.72 Å². The maximum absolute atomic E-state index is 13.6. The van der Waals surface area contributed by atoms with Crippen molar-refractivity contribution in [3.63, 3.8) is 0 Å². The Morgan fingerprint density at radius 1 is 1.10 bits per heavy atom. The van der Waals surface area contributed by atoms with Crippen molar-refractivity contribution in [2.45, 2.75) is 49.1 Å². The van der Waals surface area contributed by atoms with Gasteiger partial charge in [-0.25, -0.2) is 21.9 Å². The molecule has 0 heterocycles. The van der Waals surface area contributed by atoms with Crippen LogP contribution in [0.1, 0.15) is 32.1 Å². The van der Waals surface area contributed by atoms with E-state index in [1.54, 1.807) is 0 Å². The van der Waals surface area contributed by atoms with Crippen molar-refractivity contribution in [3.8, 4) is 0 Å². The third-order valence-corrected chi connectivity index (χ3v) is 5.10. The van der Waals surface area contributed by atoms with Gasteiger partial charge in [0.2, 0.25) is 10.0 Å². The second-order valence-electron chi connectivity index (χ2n) is 5.08. The lowest BCUT2D eigenvalue weighted by molar-refractivity contribution is 0.449. The largest absolute Gasteiger partial charge is 0.326 e. The molecule has 3 N–H and O–H groups in total. The molecule has 7 heteroatoms. The summed E-state index contributed by atoms with van der Waals surface area (Å²) in [6.07, 6.45) is 4.05. The van der Waals surface area contributed by atoms with E-state index in [-0.39, 0.29) is 6.04 Å². The monoisotopic (exact) mass is 304 g/mol. The lowest BCUT2D eigenvalue weighted by Gasteiger charge is -2.22. The number of nitrogens with one attached hydrogen (secondary N) is 1. The summed E-state index contributed by atoms with van der Waals surface area (Å²) in [6.45, 7) is 0. The van der Waals surface area contributed by atoms with Crippen molar-refractivity contribution >= 4 is 10.0 Å². The summed E-state index contributed by atoms with van der Waals surface area (Å²) < 4.78 is 53.8. The van der Waals surface area contributed by atoms with Gasteiger partial charge in [-0.15, -0.1) is 0 Å². The summed E-state index contributed by atoms with van der Waals surface area (Å²) in [5.74, 6) is -2.20. The van der Waals surface area contributed by atoms with E-state index in [9.17, 15) is 17.2 Å². The van der Waals surface area contributed by atoms with E-state index in [1.165, 1.54) is 0 Å². The Balaban J connectivity index is 2.26. The Morgan fingerprint density at radius 2 is 1.70 bits per heavy atom. The number of sulfonamides is 1. The molecule has 0 bridgehead atoms. The molecule has 20 heavy (non-hydrogen) atoms. The van der Waals surface area contributed by atoms with Gasteiger partial charge in [0.25, 0.3) is 0 Å². The van der Waals surface area contributed by atoms with Gasteiger partial charge in [0.05, 0.1) is 0 Å². The first-order valence-corrected chi connectivity index (χ1v) is 8.12. The normalized spacial score (nSPS) is 24.4. The van der Waals surface area contributed by atoms with Gasteiger partial charge >= 0.3 is 0 Å². The van der Waals surface area contributed by atoms with Gasteiger partial charge in [-0.2, -0.15) is 0 Å². The Labute approximate surface area is 117 Å². The highest BCUT2D eigenvalue weighted by atomic mass is 32.2. The van der Waals surface area contributed by atoms with Gasteiger partial charge < -0.3 is 5.73 Å². The summed E-state index contributed by atoms with van der Waals surface area (Å²) in [7, 11) is -4.25. The van der Waals surface area contributed by atoms with Gasteiger partial charge in [0.1, 0.15) is 11.6 Å². The molecule has 2 unspecified atom stereocenters. The van der Waals surface area contributed by atoms with Crippen molar-refractivity contribution in [2.24, 2.45) is 5.73 Å². The van der Waals surface area contributed by atoms with Crippen LogP contribution in [-0.2, 0) is 10.0 Å². The summed E-state index contributed by atoms with van der Waals surface area (Å²) in [5.41, 5.74) is 5.93. The van der Waals surface area contributed by atoms with Gasteiger partial charge in [-0.1, -0.05) is 25.3 Å². The standard InChI is InChI=1S/C13H18F2N2O2S/c14-9-5-4-6-10(15)13(9)20(18,19)17-12-8-3-1-2-7-11(12)16/h4-6,11-12,17H,1-3,7-8,16H2. The third-order valence-electron chi connectivity index (χ3n) is 3.56. The molecule has 2 rings (SSSR count). The van der Waals surface area contributed by atoms with Crippen LogP contribution >= 0.6 is 0 Å².